The highest BCUT2D eigenvalue weighted by Gasteiger charge is 2.17. The molecule has 42 heavy (non-hydrogen) atoms. The minimum atomic E-state index is 0.720. The number of imidazole rings is 2. The van der Waals surface area contributed by atoms with Crippen molar-refractivity contribution < 1.29 is 0 Å². The van der Waals surface area contributed by atoms with Crippen LogP contribution in [0.2, 0.25) is 0 Å². The van der Waals surface area contributed by atoms with Crippen molar-refractivity contribution in [1.82, 2.24) is 29.1 Å². The van der Waals surface area contributed by atoms with Gasteiger partial charge in [-0.1, -0.05) is 72.8 Å². The van der Waals surface area contributed by atoms with Gasteiger partial charge in [0.25, 0.3) is 0 Å². The van der Waals surface area contributed by atoms with Crippen LogP contribution in [-0.2, 0) is 0 Å². The Morgan fingerprint density at radius 3 is 1.26 bits per heavy atom. The number of hydrogen-bond donors (Lipinski definition) is 0. The standard InChI is InChI=1S/C36H24N6/c1-3-15-29(16-4-1)41-31-19-9-21-37-33(31)39-35(41)27-13-7-11-25(23-27)26-12-8-14-28(24-26)36-40-34-32(20-10-22-38-34)42(36)30-17-5-2-6-18-30/h1-24H. The lowest BCUT2D eigenvalue weighted by atomic mass is 10.0. The third-order valence-electron chi connectivity index (χ3n) is 7.46. The molecule has 4 aromatic heterocycles. The maximum Gasteiger partial charge on any atom is 0.178 e. The van der Waals surface area contributed by atoms with E-state index in [1.54, 1.807) is 12.4 Å². The van der Waals surface area contributed by atoms with Crippen molar-refractivity contribution in [2.75, 3.05) is 0 Å². The van der Waals surface area contributed by atoms with Gasteiger partial charge in [-0.3, -0.25) is 9.13 Å². The Kier molecular flexibility index (Phi) is 5.67. The molecule has 198 valence electrons. The number of fused-ring (bicyclic) bond motifs is 2. The van der Waals surface area contributed by atoms with Crippen LogP contribution in [0, 0.1) is 0 Å². The van der Waals surface area contributed by atoms with Gasteiger partial charge in [0, 0.05) is 34.9 Å². The summed E-state index contributed by atoms with van der Waals surface area (Å²) in [6.45, 7) is 0. The highest BCUT2D eigenvalue weighted by molar-refractivity contribution is 5.84. The van der Waals surface area contributed by atoms with Crippen molar-refractivity contribution in [1.29, 1.82) is 0 Å². The molecule has 0 bridgehead atoms. The minimum absolute atomic E-state index is 0.720. The van der Waals surface area contributed by atoms with E-state index in [-0.39, 0.29) is 0 Å². The number of pyridine rings is 2. The second kappa shape index (κ2) is 9.94. The van der Waals surface area contributed by atoms with Gasteiger partial charge in [-0.25, -0.2) is 19.9 Å². The molecule has 8 aromatic rings. The van der Waals surface area contributed by atoms with Gasteiger partial charge in [0.1, 0.15) is 11.6 Å². The van der Waals surface area contributed by atoms with Gasteiger partial charge in [-0.15, -0.1) is 0 Å². The summed E-state index contributed by atoms with van der Waals surface area (Å²) in [4.78, 5) is 19.0. The summed E-state index contributed by atoms with van der Waals surface area (Å²) in [5.41, 5.74) is 9.69. The van der Waals surface area contributed by atoms with Crippen LogP contribution in [0.1, 0.15) is 0 Å². The molecule has 0 spiro atoms. The lowest BCUT2D eigenvalue weighted by Gasteiger charge is -2.12. The van der Waals surface area contributed by atoms with Crippen LogP contribution < -0.4 is 0 Å². The molecular formula is C36H24N6. The summed E-state index contributed by atoms with van der Waals surface area (Å²) in [7, 11) is 0. The fourth-order valence-corrected chi connectivity index (χ4v) is 5.57. The molecule has 0 fully saturated rings. The first kappa shape index (κ1) is 24.0. The average Bonchev–Trinajstić information content (AvgIpc) is 3.65. The summed E-state index contributed by atoms with van der Waals surface area (Å²) in [6.07, 6.45) is 3.57. The van der Waals surface area contributed by atoms with Crippen molar-refractivity contribution in [2.45, 2.75) is 0 Å². The Morgan fingerprint density at radius 2 is 0.810 bits per heavy atom. The molecule has 0 N–H and O–H groups in total. The monoisotopic (exact) mass is 540 g/mol. The van der Waals surface area contributed by atoms with Crippen LogP contribution in [0.15, 0.2) is 146 Å². The fraction of sp³-hybridized carbons (Fsp3) is 0. The first-order valence-electron chi connectivity index (χ1n) is 13.8. The molecule has 0 aliphatic carbocycles. The molecule has 0 aliphatic rings. The van der Waals surface area contributed by atoms with E-state index < -0.39 is 0 Å². The van der Waals surface area contributed by atoms with Crippen molar-refractivity contribution in [3.63, 3.8) is 0 Å². The highest BCUT2D eigenvalue weighted by Crippen LogP contribution is 2.33. The van der Waals surface area contributed by atoms with Gasteiger partial charge in [-0.2, -0.15) is 0 Å². The third-order valence-corrected chi connectivity index (χ3v) is 7.46. The smallest absolute Gasteiger partial charge is 0.178 e. The van der Waals surface area contributed by atoms with E-state index in [2.05, 4.69) is 104 Å². The molecule has 4 heterocycles. The maximum atomic E-state index is 4.96. The van der Waals surface area contributed by atoms with Crippen LogP contribution >= 0.6 is 0 Å². The van der Waals surface area contributed by atoms with E-state index in [1.165, 1.54) is 0 Å². The molecule has 4 aromatic carbocycles. The number of para-hydroxylation sites is 2. The Balaban J connectivity index is 1.26. The lowest BCUT2D eigenvalue weighted by Crippen LogP contribution is -1.98. The summed E-state index contributed by atoms with van der Waals surface area (Å²) >= 11 is 0. The number of aromatic nitrogens is 6. The van der Waals surface area contributed by atoms with Crippen LogP contribution in [0.3, 0.4) is 0 Å². The summed E-state index contributed by atoms with van der Waals surface area (Å²) in [5.74, 6) is 1.70. The van der Waals surface area contributed by atoms with Gasteiger partial charge < -0.3 is 0 Å². The molecule has 6 heteroatoms. The van der Waals surface area contributed by atoms with Crippen LogP contribution in [0.5, 0.6) is 0 Å². The minimum Gasteiger partial charge on any atom is -0.291 e. The Morgan fingerprint density at radius 1 is 0.381 bits per heavy atom. The van der Waals surface area contributed by atoms with Crippen LogP contribution in [0.4, 0.5) is 0 Å². The van der Waals surface area contributed by atoms with Crippen molar-refractivity contribution in [3.8, 4) is 45.3 Å². The van der Waals surface area contributed by atoms with Crippen LogP contribution in [-0.4, -0.2) is 29.1 Å². The molecule has 0 atom stereocenters. The quantitative estimate of drug-likeness (QED) is 0.221. The molecule has 0 aliphatic heterocycles. The first-order valence-corrected chi connectivity index (χ1v) is 13.8. The predicted octanol–water partition coefficient (Wildman–Crippen LogP) is 8.16. The molecule has 0 radical (unpaired) electrons. The van der Waals surface area contributed by atoms with Crippen LogP contribution in [0.25, 0.3) is 67.6 Å². The Hall–Kier alpha value is -5.88. The fourth-order valence-electron chi connectivity index (χ4n) is 5.57. The molecule has 0 saturated heterocycles. The maximum absolute atomic E-state index is 4.96. The average molecular weight is 541 g/mol. The topological polar surface area (TPSA) is 61.4 Å². The Bertz CT molecular complexity index is 2040. The van der Waals surface area contributed by atoms with Gasteiger partial charge in [0.2, 0.25) is 0 Å². The van der Waals surface area contributed by atoms with E-state index in [0.717, 1.165) is 67.6 Å². The summed E-state index contributed by atoms with van der Waals surface area (Å²) in [6, 6.07) is 45.7. The summed E-state index contributed by atoms with van der Waals surface area (Å²) < 4.78 is 4.35. The third kappa shape index (κ3) is 4.05. The normalized spacial score (nSPS) is 11.3. The molecule has 0 unspecified atom stereocenters. The lowest BCUT2D eigenvalue weighted by molar-refractivity contribution is 1.10. The van der Waals surface area contributed by atoms with Gasteiger partial charge in [0.05, 0.1) is 11.0 Å². The van der Waals surface area contributed by atoms with Crippen molar-refractivity contribution in [2.24, 2.45) is 0 Å². The van der Waals surface area contributed by atoms with Gasteiger partial charge in [0.15, 0.2) is 11.3 Å². The van der Waals surface area contributed by atoms with E-state index in [9.17, 15) is 0 Å². The number of nitrogens with zero attached hydrogens (tertiary/aromatic N) is 6. The molecule has 6 nitrogen and oxygen atoms in total. The summed E-state index contributed by atoms with van der Waals surface area (Å²) in [5, 5.41) is 0. The largest absolute Gasteiger partial charge is 0.291 e. The van der Waals surface area contributed by atoms with E-state index in [4.69, 9.17) is 9.97 Å². The number of hydrogen-bond acceptors (Lipinski definition) is 4. The molecule has 0 amide bonds. The second-order valence-corrected chi connectivity index (χ2v) is 10.1. The van der Waals surface area contributed by atoms with Crippen molar-refractivity contribution in [3.05, 3.63) is 146 Å². The van der Waals surface area contributed by atoms with Gasteiger partial charge >= 0.3 is 0 Å². The Labute approximate surface area is 242 Å². The first-order chi connectivity index (χ1) is 20.8. The van der Waals surface area contributed by atoms with E-state index >= 15 is 0 Å². The van der Waals surface area contributed by atoms with Crippen molar-refractivity contribution >= 4 is 22.3 Å². The SMILES string of the molecule is c1ccc(-n2c(-c3cccc(-c4cccc(-c5nc6ncccc6n5-c5ccccc5)c4)c3)nc3ncccc32)cc1. The number of rotatable bonds is 5. The zero-order chi connectivity index (χ0) is 27.9. The molecule has 0 saturated carbocycles. The zero-order valence-electron chi connectivity index (χ0n) is 22.5. The van der Waals surface area contributed by atoms with E-state index in [0.29, 0.717) is 0 Å². The highest BCUT2D eigenvalue weighted by atomic mass is 15.1. The molecule has 8 rings (SSSR count). The predicted molar refractivity (Wildman–Crippen MR) is 168 cm³/mol. The molecular weight excluding hydrogens is 516 g/mol. The van der Waals surface area contributed by atoms with E-state index in [1.807, 2.05) is 48.5 Å². The second-order valence-electron chi connectivity index (χ2n) is 10.1. The number of benzene rings is 4. The zero-order valence-corrected chi connectivity index (χ0v) is 22.5. The van der Waals surface area contributed by atoms with Gasteiger partial charge in [-0.05, 0) is 71.8 Å².